The van der Waals surface area contributed by atoms with Crippen molar-refractivity contribution in [2.75, 3.05) is 20.8 Å². The summed E-state index contributed by atoms with van der Waals surface area (Å²) in [4.78, 5) is 21.8. The van der Waals surface area contributed by atoms with Crippen molar-refractivity contribution in [3.05, 3.63) is 0 Å². The van der Waals surface area contributed by atoms with Crippen LogP contribution < -0.4 is 5.32 Å². The molecule has 0 aromatic carbocycles. The average molecular weight is 217 g/mol. The third kappa shape index (κ3) is 6.90. The van der Waals surface area contributed by atoms with E-state index in [0.29, 0.717) is 12.8 Å². The Kier molecular flexibility index (Phi) is 5.93. The number of nitrogens with one attached hydrogen (secondary N) is 1. The van der Waals surface area contributed by atoms with Gasteiger partial charge < -0.3 is 14.8 Å². The lowest BCUT2D eigenvalue weighted by atomic mass is 9.98. The lowest BCUT2D eigenvalue weighted by molar-refractivity contribution is -0.141. The molecule has 88 valence electrons. The molecular formula is C10H19NO4. The van der Waals surface area contributed by atoms with E-state index in [1.165, 1.54) is 14.2 Å². The maximum atomic E-state index is 10.9. The standard InChI is InChI=1S/C10H19NO4/c1-10(2,6-5-8(12)14-3)11-7-9(13)15-4/h11H,5-7H2,1-4H3. The lowest BCUT2D eigenvalue weighted by Gasteiger charge is -2.25. The van der Waals surface area contributed by atoms with Gasteiger partial charge in [0.15, 0.2) is 0 Å². The van der Waals surface area contributed by atoms with Crippen LogP contribution >= 0.6 is 0 Å². The minimum absolute atomic E-state index is 0.144. The van der Waals surface area contributed by atoms with Crippen LogP contribution in [0.15, 0.2) is 0 Å². The van der Waals surface area contributed by atoms with Gasteiger partial charge in [-0.3, -0.25) is 9.59 Å². The van der Waals surface area contributed by atoms with Crippen LogP contribution in [-0.2, 0) is 19.1 Å². The third-order valence-corrected chi connectivity index (χ3v) is 2.12. The molecule has 0 saturated heterocycles. The molecule has 0 aliphatic carbocycles. The molecule has 0 aromatic rings. The zero-order valence-corrected chi connectivity index (χ0v) is 9.75. The molecule has 0 bridgehead atoms. The minimum atomic E-state index is -0.318. The van der Waals surface area contributed by atoms with Crippen LogP contribution in [0.25, 0.3) is 0 Å². The Hall–Kier alpha value is -1.10. The Balaban J connectivity index is 3.86. The van der Waals surface area contributed by atoms with E-state index < -0.39 is 0 Å². The number of rotatable bonds is 6. The van der Waals surface area contributed by atoms with Crippen molar-refractivity contribution < 1.29 is 19.1 Å². The van der Waals surface area contributed by atoms with Crippen LogP contribution in [0.2, 0.25) is 0 Å². The fourth-order valence-electron chi connectivity index (χ4n) is 0.989. The van der Waals surface area contributed by atoms with Gasteiger partial charge in [-0.25, -0.2) is 0 Å². The maximum Gasteiger partial charge on any atom is 0.319 e. The normalized spacial score (nSPS) is 10.9. The minimum Gasteiger partial charge on any atom is -0.469 e. The SMILES string of the molecule is COC(=O)CCC(C)(C)NCC(=O)OC. The van der Waals surface area contributed by atoms with Gasteiger partial charge in [-0.1, -0.05) is 0 Å². The van der Waals surface area contributed by atoms with Crippen LogP contribution in [0.1, 0.15) is 26.7 Å². The highest BCUT2D eigenvalue weighted by Gasteiger charge is 2.19. The van der Waals surface area contributed by atoms with Crippen LogP contribution in [0.4, 0.5) is 0 Å². The van der Waals surface area contributed by atoms with Gasteiger partial charge in [0.25, 0.3) is 0 Å². The van der Waals surface area contributed by atoms with Gasteiger partial charge in [0, 0.05) is 12.0 Å². The van der Waals surface area contributed by atoms with Gasteiger partial charge in [0.2, 0.25) is 0 Å². The number of carbonyl (C=O) groups is 2. The van der Waals surface area contributed by atoms with Crippen molar-refractivity contribution in [3.63, 3.8) is 0 Å². The smallest absolute Gasteiger partial charge is 0.319 e. The highest BCUT2D eigenvalue weighted by Crippen LogP contribution is 2.11. The number of methoxy groups -OCH3 is 2. The van der Waals surface area contributed by atoms with Gasteiger partial charge in [0.1, 0.15) is 0 Å². The summed E-state index contributed by atoms with van der Waals surface area (Å²) in [5.41, 5.74) is -0.289. The van der Waals surface area contributed by atoms with Crippen LogP contribution in [0.3, 0.4) is 0 Å². The fourth-order valence-corrected chi connectivity index (χ4v) is 0.989. The molecule has 0 aliphatic rings. The molecule has 0 fully saturated rings. The molecule has 0 amide bonds. The lowest BCUT2D eigenvalue weighted by Crippen LogP contribution is -2.42. The molecule has 0 spiro atoms. The van der Waals surface area contributed by atoms with E-state index in [4.69, 9.17) is 0 Å². The quantitative estimate of drug-likeness (QED) is 0.656. The summed E-state index contributed by atoms with van der Waals surface area (Å²) in [7, 11) is 2.70. The van der Waals surface area contributed by atoms with Gasteiger partial charge in [0.05, 0.1) is 20.8 Å². The van der Waals surface area contributed by atoms with Crippen molar-refractivity contribution in [1.29, 1.82) is 0 Å². The third-order valence-electron chi connectivity index (χ3n) is 2.12. The van der Waals surface area contributed by atoms with Crippen LogP contribution in [0, 0.1) is 0 Å². The Bertz CT molecular complexity index is 203. The van der Waals surface area contributed by atoms with E-state index in [-0.39, 0.29) is 24.0 Å². The summed E-state index contributed by atoms with van der Waals surface area (Å²) in [5, 5.41) is 3.01. The topological polar surface area (TPSA) is 64.6 Å². The first-order chi connectivity index (χ1) is 6.91. The number of hydrogen-bond donors (Lipinski definition) is 1. The van der Waals surface area contributed by atoms with Crippen molar-refractivity contribution in [2.45, 2.75) is 32.2 Å². The predicted octanol–water partition coefficient (Wildman–Crippen LogP) is 0.481. The van der Waals surface area contributed by atoms with Gasteiger partial charge in [-0.2, -0.15) is 0 Å². The number of ether oxygens (including phenoxy) is 2. The van der Waals surface area contributed by atoms with Crippen molar-refractivity contribution >= 4 is 11.9 Å². The molecule has 0 unspecified atom stereocenters. The number of esters is 2. The van der Waals surface area contributed by atoms with Crippen molar-refractivity contribution in [1.82, 2.24) is 5.32 Å². The predicted molar refractivity (Wildman–Crippen MR) is 55.3 cm³/mol. The summed E-state index contributed by atoms with van der Waals surface area (Å²) in [5.74, 6) is -0.566. The van der Waals surface area contributed by atoms with Crippen molar-refractivity contribution in [2.24, 2.45) is 0 Å². The first kappa shape index (κ1) is 13.9. The number of carbonyl (C=O) groups excluding carboxylic acids is 2. The highest BCUT2D eigenvalue weighted by atomic mass is 16.5. The Labute approximate surface area is 90.1 Å². The molecule has 0 aliphatic heterocycles. The summed E-state index contributed by atoms with van der Waals surface area (Å²) >= 11 is 0. The molecule has 1 N–H and O–H groups in total. The molecule has 5 heteroatoms. The maximum absolute atomic E-state index is 10.9. The Morgan fingerprint density at radius 1 is 1.13 bits per heavy atom. The number of hydrogen-bond acceptors (Lipinski definition) is 5. The van der Waals surface area contributed by atoms with Gasteiger partial charge in [-0.05, 0) is 20.3 Å². The molecule has 0 aromatic heterocycles. The Morgan fingerprint density at radius 3 is 2.13 bits per heavy atom. The summed E-state index contributed by atoms with van der Waals surface area (Å²) in [6, 6.07) is 0. The second-order valence-electron chi connectivity index (χ2n) is 3.89. The summed E-state index contributed by atoms with van der Waals surface area (Å²) < 4.78 is 9.03. The molecule has 0 atom stereocenters. The van der Waals surface area contributed by atoms with E-state index in [1.54, 1.807) is 0 Å². The summed E-state index contributed by atoms with van der Waals surface area (Å²) in [6.45, 7) is 3.97. The van der Waals surface area contributed by atoms with Crippen molar-refractivity contribution in [3.8, 4) is 0 Å². The van der Waals surface area contributed by atoms with E-state index in [2.05, 4.69) is 14.8 Å². The second-order valence-corrected chi connectivity index (χ2v) is 3.89. The highest BCUT2D eigenvalue weighted by molar-refractivity contribution is 5.71. The van der Waals surface area contributed by atoms with E-state index in [9.17, 15) is 9.59 Å². The molecule has 5 nitrogen and oxygen atoms in total. The second kappa shape index (κ2) is 6.40. The van der Waals surface area contributed by atoms with Gasteiger partial charge >= 0.3 is 11.9 Å². The zero-order chi connectivity index (χ0) is 11.9. The average Bonchev–Trinajstić information content (AvgIpc) is 2.22. The van der Waals surface area contributed by atoms with E-state index >= 15 is 0 Å². The monoisotopic (exact) mass is 217 g/mol. The molecule has 0 radical (unpaired) electrons. The Morgan fingerprint density at radius 2 is 1.67 bits per heavy atom. The van der Waals surface area contributed by atoms with Crippen LogP contribution in [-0.4, -0.2) is 38.2 Å². The van der Waals surface area contributed by atoms with E-state index in [0.717, 1.165) is 0 Å². The zero-order valence-electron chi connectivity index (χ0n) is 9.75. The van der Waals surface area contributed by atoms with Gasteiger partial charge in [-0.15, -0.1) is 0 Å². The van der Waals surface area contributed by atoms with E-state index in [1.807, 2.05) is 13.8 Å². The molecule has 0 rings (SSSR count). The van der Waals surface area contributed by atoms with Crippen LogP contribution in [0.5, 0.6) is 0 Å². The first-order valence-corrected chi connectivity index (χ1v) is 4.80. The molecule has 15 heavy (non-hydrogen) atoms. The summed E-state index contributed by atoms with van der Waals surface area (Å²) in [6.07, 6.45) is 0.939. The first-order valence-electron chi connectivity index (χ1n) is 4.80. The largest absolute Gasteiger partial charge is 0.469 e. The molecule has 0 heterocycles. The fraction of sp³-hybridized carbons (Fsp3) is 0.800. The molecule has 0 saturated carbocycles. The molecular weight excluding hydrogens is 198 g/mol.